The highest BCUT2D eigenvalue weighted by Crippen LogP contribution is 2.17. The summed E-state index contributed by atoms with van der Waals surface area (Å²) < 4.78 is 5.09. The zero-order valence-electron chi connectivity index (χ0n) is 11.0. The van der Waals surface area contributed by atoms with Gasteiger partial charge in [0.15, 0.2) is 11.5 Å². The van der Waals surface area contributed by atoms with E-state index in [0.29, 0.717) is 29.7 Å². The lowest BCUT2D eigenvalue weighted by Crippen LogP contribution is -2.41. The van der Waals surface area contributed by atoms with Crippen LogP contribution in [0.1, 0.15) is 10.5 Å². The van der Waals surface area contributed by atoms with Crippen LogP contribution in [0.4, 0.5) is 11.5 Å². The molecule has 0 bridgehead atoms. The zero-order chi connectivity index (χ0) is 14.7. The summed E-state index contributed by atoms with van der Waals surface area (Å²) in [6.07, 6.45) is 3.03. The number of ether oxygens (including phenoxy) is 1. The Morgan fingerprint density at radius 3 is 2.57 bits per heavy atom. The van der Waals surface area contributed by atoms with Crippen molar-refractivity contribution in [2.45, 2.75) is 6.04 Å². The van der Waals surface area contributed by atoms with Crippen molar-refractivity contribution >= 4 is 29.0 Å². The second-order valence-corrected chi connectivity index (χ2v) is 5.03. The molecule has 0 atom stereocenters. The lowest BCUT2D eigenvalue weighted by molar-refractivity contribution is 0.0209. The summed E-state index contributed by atoms with van der Waals surface area (Å²) in [6, 6.07) is 7.04. The third-order valence-electron chi connectivity index (χ3n) is 2.99. The second kappa shape index (κ2) is 6.07. The van der Waals surface area contributed by atoms with Gasteiger partial charge >= 0.3 is 0 Å². The van der Waals surface area contributed by atoms with Crippen LogP contribution >= 0.6 is 11.6 Å². The van der Waals surface area contributed by atoms with Gasteiger partial charge in [-0.15, -0.1) is 0 Å². The van der Waals surface area contributed by atoms with E-state index in [4.69, 9.17) is 16.3 Å². The molecule has 1 fully saturated rings. The average Bonchev–Trinajstić information content (AvgIpc) is 2.46. The fourth-order valence-corrected chi connectivity index (χ4v) is 1.97. The van der Waals surface area contributed by atoms with Crippen LogP contribution in [-0.4, -0.2) is 35.1 Å². The molecule has 2 aromatic rings. The van der Waals surface area contributed by atoms with Crippen LogP contribution in [0.2, 0.25) is 5.02 Å². The number of anilines is 2. The predicted molar refractivity (Wildman–Crippen MR) is 79.7 cm³/mol. The van der Waals surface area contributed by atoms with Gasteiger partial charge in [-0.25, -0.2) is 9.97 Å². The van der Waals surface area contributed by atoms with Gasteiger partial charge in [0.05, 0.1) is 19.3 Å². The minimum Gasteiger partial charge on any atom is -0.377 e. The van der Waals surface area contributed by atoms with E-state index in [1.54, 1.807) is 30.5 Å². The molecule has 2 N–H and O–H groups in total. The Balaban J connectivity index is 1.75. The molecule has 3 rings (SSSR count). The van der Waals surface area contributed by atoms with Gasteiger partial charge in [-0.05, 0) is 24.3 Å². The largest absolute Gasteiger partial charge is 0.377 e. The maximum atomic E-state index is 12.3. The minimum absolute atomic E-state index is 0.170. The first kappa shape index (κ1) is 13.8. The van der Waals surface area contributed by atoms with Gasteiger partial charge in [-0.3, -0.25) is 4.79 Å². The summed E-state index contributed by atoms with van der Waals surface area (Å²) in [5, 5.41) is 6.52. The van der Waals surface area contributed by atoms with Crippen molar-refractivity contribution in [1.29, 1.82) is 0 Å². The molecule has 0 aliphatic carbocycles. The Bertz CT molecular complexity index is 644. The van der Waals surface area contributed by atoms with Crippen LogP contribution in [0, 0.1) is 0 Å². The number of rotatable bonds is 4. The van der Waals surface area contributed by atoms with Crippen molar-refractivity contribution in [3.63, 3.8) is 0 Å². The van der Waals surface area contributed by atoms with Gasteiger partial charge in [0.2, 0.25) is 0 Å². The Hall–Kier alpha value is -2.18. The highest BCUT2D eigenvalue weighted by molar-refractivity contribution is 6.30. The fraction of sp³-hybridized carbons (Fsp3) is 0.214. The summed E-state index contributed by atoms with van der Waals surface area (Å²) in [6.45, 7) is 1.21. The number of aromatic nitrogens is 2. The Kier molecular flexibility index (Phi) is 3.98. The lowest BCUT2D eigenvalue weighted by atomic mass is 10.2. The number of hydrogen-bond donors (Lipinski definition) is 2. The molecule has 108 valence electrons. The summed E-state index contributed by atoms with van der Waals surface area (Å²) in [4.78, 5) is 20.6. The number of hydrogen-bond acceptors (Lipinski definition) is 5. The van der Waals surface area contributed by atoms with Gasteiger partial charge < -0.3 is 15.4 Å². The van der Waals surface area contributed by atoms with Crippen LogP contribution in [0.15, 0.2) is 36.7 Å². The number of nitrogens with zero attached hydrogens (tertiary/aromatic N) is 2. The van der Waals surface area contributed by atoms with Gasteiger partial charge in [0, 0.05) is 23.1 Å². The topological polar surface area (TPSA) is 76.1 Å². The third-order valence-corrected chi connectivity index (χ3v) is 3.25. The van der Waals surface area contributed by atoms with Crippen molar-refractivity contribution in [2.24, 2.45) is 0 Å². The van der Waals surface area contributed by atoms with E-state index in [-0.39, 0.29) is 17.6 Å². The Morgan fingerprint density at radius 1 is 1.19 bits per heavy atom. The van der Waals surface area contributed by atoms with Crippen molar-refractivity contribution < 1.29 is 9.53 Å². The molecule has 1 saturated heterocycles. The van der Waals surface area contributed by atoms with Crippen molar-refractivity contribution in [2.75, 3.05) is 23.8 Å². The molecule has 0 unspecified atom stereocenters. The Labute approximate surface area is 126 Å². The molecule has 1 aliphatic heterocycles. The van der Waals surface area contributed by atoms with Gasteiger partial charge in [-0.1, -0.05) is 11.6 Å². The Morgan fingerprint density at radius 2 is 1.90 bits per heavy atom. The number of nitrogens with one attached hydrogen (secondary N) is 2. The predicted octanol–water partition coefficient (Wildman–Crippen LogP) is 2.19. The molecular formula is C14H13ClN4O2. The molecular weight excluding hydrogens is 292 g/mol. The standard InChI is InChI=1S/C14H13ClN4O2/c15-9-1-3-10(4-2-9)19-14(20)12-13(17-6-5-16-12)18-11-7-21-8-11/h1-6,11H,7-8H2,(H,17,18)(H,19,20). The average molecular weight is 305 g/mol. The maximum Gasteiger partial charge on any atom is 0.278 e. The van der Waals surface area contributed by atoms with Crippen LogP contribution in [0.5, 0.6) is 0 Å². The SMILES string of the molecule is O=C(Nc1ccc(Cl)cc1)c1nccnc1NC1COC1. The number of benzene rings is 1. The van der Waals surface area contributed by atoms with Crippen molar-refractivity contribution in [3.05, 3.63) is 47.4 Å². The van der Waals surface area contributed by atoms with E-state index < -0.39 is 0 Å². The van der Waals surface area contributed by atoms with Crippen LogP contribution in [0.25, 0.3) is 0 Å². The van der Waals surface area contributed by atoms with E-state index in [1.807, 2.05) is 0 Å². The van der Waals surface area contributed by atoms with Crippen molar-refractivity contribution in [1.82, 2.24) is 9.97 Å². The molecule has 7 heteroatoms. The van der Waals surface area contributed by atoms with Gasteiger partial charge in [0.1, 0.15) is 0 Å². The third kappa shape index (κ3) is 3.29. The van der Waals surface area contributed by atoms with Crippen LogP contribution in [-0.2, 0) is 4.74 Å². The fourth-order valence-electron chi connectivity index (χ4n) is 1.85. The smallest absolute Gasteiger partial charge is 0.278 e. The van der Waals surface area contributed by atoms with Gasteiger partial charge in [-0.2, -0.15) is 0 Å². The molecule has 2 heterocycles. The van der Waals surface area contributed by atoms with E-state index >= 15 is 0 Å². The molecule has 1 aliphatic rings. The maximum absolute atomic E-state index is 12.3. The number of amides is 1. The first-order valence-electron chi connectivity index (χ1n) is 6.44. The van der Waals surface area contributed by atoms with Crippen LogP contribution < -0.4 is 10.6 Å². The molecule has 1 amide bonds. The number of halogens is 1. The molecule has 0 radical (unpaired) electrons. The second-order valence-electron chi connectivity index (χ2n) is 4.59. The van der Waals surface area contributed by atoms with E-state index in [9.17, 15) is 4.79 Å². The summed E-state index contributed by atoms with van der Waals surface area (Å²) >= 11 is 5.81. The molecule has 1 aromatic carbocycles. The zero-order valence-corrected chi connectivity index (χ0v) is 11.8. The van der Waals surface area contributed by atoms with Crippen molar-refractivity contribution in [3.8, 4) is 0 Å². The monoisotopic (exact) mass is 304 g/mol. The first-order valence-corrected chi connectivity index (χ1v) is 6.82. The van der Waals surface area contributed by atoms with Crippen LogP contribution in [0.3, 0.4) is 0 Å². The quantitative estimate of drug-likeness (QED) is 0.905. The highest BCUT2D eigenvalue weighted by Gasteiger charge is 2.22. The first-order chi connectivity index (χ1) is 10.2. The molecule has 0 saturated carbocycles. The number of carbonyl (C=O) groups is 1. The van der Waals surface area contributed by atoms with Gasteiger partial charge in [0.25, 0.3) is 5.91 Å². The summed E-state index contributed by atoms with van der Waals surface area (Å²) in [7, 11) is 0. The summed E-state index contributed by atoms with van der Waals surface area (Å²) in [5.41, 5.74) is 0.896. The lowest BCUT2D eigenvalue weighted by Gasteiger charge is -2.27. The van der Waals surface area contributed by atoms with E-state index in [0.717, 1.165) is 0 Å². The normalized spacial score (nSPS) is 14.3. The number of carbonyl (C=O) groups excluding carboxylic acids is 1. The van der Waals surface area contributed by atoms with E-state index in [1.165, 1.54) is 6.20 Å². The minimum atomic E-state index is -0.326. The molecule has 0 spiro atoms. The summed E-state index contributed by atoms with van der Waals surface area (Å²) in [5.74, 6) is 0.130. The molecule has 6 nitrogen and oxygen atoms in total. The molecule has 1 aromatic heterocycles. The highest BCUT2D eigenvalue weighted by atomic mass is 35.5. The van der Waals surface area contributed by atoms with E-state index in [2.05, 4.69) is 20.6 Å². The molecule has 21 heavy (non-hydrogen) atoms.